The van der Waals surface area contributed by atoms with Crippen molar-refractivity contribution in [2.24, 2.45) is 0 Å². The molecular formula is C18H19N3O6S. The summed E-state index contributed by atoms with van der Waals surface area (Å²) in [4.78, 5) is 23.0. The van der Waals surface area contributed by atoms with E-state index in [0.717, 1.165) is 0 Å². The van der Waals surface area contributed by atoms with Crippen molar-refractivity contribution in [3.05, 3.63) is 57.6 Å². The lowest BCUT2D eigenvalue weighted by Crippen LogP contribution is -2.25. The number of rotatable bonds is 5. The number of sulfonamides is 1. The van der Waals surface area contributed by atoms with Crippen LogP contribution in [0.1, 0.15) is 22.3 Å². The molecule has 3 rings (SSSR count). The Balaban J connectivity index is 1.90. The van der Waals surface area contributed by atoms with Gasteiger partial charge < -0.3 is 10.1 Å². The second-order valence-corrected chi connectivity index (χ2v) is 8.35. The number of ether oxygens (including phenoxy) is 1. The van der Waals surface area contributed by atoms with Gasteiger partial charge in [0.15, 0.2) is 0 Å². The number of aryl methyl sites for hydroxylation is 1. The number of hydrogen-bond acceptors (Lipinski definition) is 6. The number of carbonyl (C=O) groups excluding carboxylic acids is 1. The van der Waals surface area contributed by atoms with Gasteiger partial charge in [0.2, 0.25) is 10.0 Å². The number of benzene rings is 2. The average molecular weight is 405 g/mol. The Bertz CT molecular complexity index is 1050. The third-order valence-corrected chi connectivity index (χ3v) is 6.34. The molecule has 1 amide bonds. The van der Waals surface area contributed by atoms with Crippen LogP contribution in [0.4, 0.5) is 17.1 Å². The lowest BCUT2D eigenvalue weighted by Gasteiger charge is -2.19. The minimum atomic E-state index is -3.36. The van der Waals surface area contributed by atoms with E-state index in [9.17, 15) is 23.3 Å². The highest BCUT2D eigenvalue weighted by Crippen LogP contribution is 2.33. The predicted molar refractivity (Wildman–Crippen MR) is 105 cm³/mol. The van der Waals surface area contributed by atoms with Crippen molar-refractivity contribution in [3.63, 3.8) is 0 Å². The Labute approximate surface area is 162 Å². The van der Waals surface area contributed by atoms with Gasteiger partial charge in [0.1, 0.15) is 5.75 Å². The molecule has 1 heterocycles. The molecule has 9 nitrogen and oxygen atoms in total. The lowest BCUT2D eigenvalue weighted by molar-refractivity contribution is -0.385. The zero-order valence-electron chi connectivity index (χ0n) is 15.3. The summed E-state index contributed by atoms with van der Waals surface area (Å²) in [5.41, 5.74) is 1.28. The number of methoxy groups -OCH3 is 1. The molecule has 0 aromatic heterocycles. The van der Waals surface area contributed by atoms with Crippen LogP contribution in [0.15, 0.2) is 36.4 Å². The van der Waals surface area contributed by atoms with Gasteiger partial charge in [0.25, 0.3) is 11.6 Å². The number of hydrogen-bond donors (Lipinski definition) is 1. The molecule has 0 saturated carbocycles. The zero-order valence-corrected chi connectivity index (χ0v) is 16.2. The van der Waals surface area contributed by atoms with Gasteiger partial charge in [-0.2, -0.15) is 0 Å². The summed E-state index contributed by atoms with van der Waals surface area (Å²) in [5, 5.41) is 13.6. The van der Waals surface area contributed by atoms with Crippen LogP contribution in [-0.2, 0) is 10.0 Å². The Morgan fingerprint density at radius 3 is 2.57 bits per heavy atom. The topological polar surface area (TPSA) is 119 Å². The van der Waals surface area contributed by atoms with Gasteiger partial charge in [-0.3, -0.25) is 19.2 Å². The van der Waals surface area contributed by atoms with E-state index >= 15 is 0 Å². The fourth-order valence-corrected chi connectivity index (χ4v) is 4.63. The van der Waals surface area contributed by atoms with E-state index in [-0.39, 0.29) is 17.0 Å². The minimum absolute atomic E-state index is 0.0737. The summed E-state index contributed by atoms with van der Waals surface area (Å²) < 4.78 is 30.9. The summed E-state index contributed by atoms with van der Waals surface area (Å²) in [7, 11) is -1.92. The van der Waals surface area contributed by atoms with Crippen LogP contribution >= 0.6 is 0 Å². The first-order valence-electron chi connectivity index (χ1n) is 8.48. The number of nitrogens with zero attached hydrogens (tertiary/aromatic N) is 2. The maximum atomic E-state index is 12.6. The lowest BCUT2D eigenvalue weighted by atomic mass is 10.1. The molecule has 1 N–H and O–H groups in total. The first-order valence-corrected chi connectivity index (χ1v) is 10.1. The molecule has 1 saturated heterocycles. The number of nitrogens with one attached hydrogen (secondary N) is 1. The third-order valence-electron chi connectivity index (χ3n) is 4.47. The van der Waals surface area contributed by atoms with Gasteiger partial charge in [-0.05, 0) is 43.7 Å². The summed E-state index contributed by atoms with van der Waals surface area (Å²) in [5.74, 6) is -0.0342. The van der Waals surface area contributed by atoms with E-state index in [0.29, 0.717) is 35.7 Å². The molecule has 0 aliphatic carbocycles. The van der Waals surface area contributed by atoms with Gasteiger partial charge in [-0.15, -0.1) is 0 Å². The van der Waals surface area contributed by atoms with Crippen molar-refractivity contribution in [2.45, 2.75) is 13.3 Å². The van der Waals surface area contributed by atoms with Crippen molar-refractivity contribution in [1.29, 1.82) is 0 Å². The van der Waals surface area contributed by atoms with E-state index in [1.165, 1.54) is 35.7 Å². The van der Waals surface area contributed by atoms with Crippen LogP contribution in [0, 0.1) is 17.0 Å². The Kier molecular flexibility index (Phi) is 5.23. The molecule has 2 aromatic carbocycles. The Morgan fingerprint density at radius 1 is 1.25 bits per heavy atom. The predicted octanol–water partition coefficient (Wildman–Crippen LogP) is 2.70. The molecule has 1 fully saturated rings. The monoisotopic (exact) mass is 405 g/mol. The molecule has 28 heavy (non-hydrogen) atoms. The van der Waals surface area contributed by atoms with Gasteiger partial charge in [0, 0.05) is 23.7 Å². The largest absolute Gasteiger partial charge is 0.495 e. The quantitative estimate of drug-likeness (QED) is 0.603. The molecule has 0 spiro atoms. The zero-order chi connectivity index (χ0) is 20.5. The van der Waals surface area contributed by atoms with Gasteiger partial charge in [-0.1, -0.05) is 0 Å². The first-order chi connectivity index (χ1) is 13.2. The summed E-state index contributed by atoms with van der Waals surface area (Å²) in [6.45, 7) is 1.93. The van der Waals surface area contributed by atoms with Crippen molar-refractivity contribution in [1.82, 2.24) is 0 Å². The summed E-state index contributed by atoms with van der Waals surface area (Å²) in [6.07, 6.45) is 0.540. The minimum Gasteiger partial charge on any atom is -0.495 e. The maximum Gasteiger partial charge on any atom is 0.272 e. The van der Waals surface area contributed by atoms with Crippen molar-refractivity contribution in [3.8, 4) is 5.75 Å². The number of nitro benzene ring substituents is 1. The van der Waals surface area contributed by atoms with E-state index in [1.807, 2.05) is 0 Å². The van der Waals surface area contributed by atoms with Crippen LogP contribution in [0.5, 0.6) is 5.75 Å². The van der Waals surface area contributed by atoms with Crippen LogP contribution < -0.4 is 14.4 Å². The van der Waals surface area contributed by atoms with Crippen LogP contribution in [0.3, 0.4) is 0 Å². The van der Waals surface area contributed by atoms with E-state index < -0.39 is 20.9 Å². The van der Waals surface area contributed by atoms with Crippen molar-refractivity contribution in [2.75, 3.05) is 29.0 Å². The molecule has 148 valence electrons. The highest BCUT2D eigenvalue weighted by molar-refractivity contribution is 7.93. The molecule has 1 aliphatic rings. The molecule has 0 unspecified atom stereocenters. The smallest absolute Gasteiger partial charge is 0.272 e. The van der Waals surface area contributed by atoms with Crippen LogP contribution in [0.2, 0.25) is 0 Å². The Morgan fingerprint density at radius 2 is 2.00 bits per heavy atom. The molecule has 0 radical (unpaired) electrons. The third kappa shape index (κ3) is 3.77. The SMILES string of the molecule is COc1ccc(N2CCCS2(=O)=O)cc1NC(=O)c1ccc([N+](=O)[O-])c(C)c1. The number of amides is 1. The summed E-state index contributed by atoms with van der Waals surface area (Å²) in [6, 6.07) is 8.80. The standard InChI is InChI=1S/C18H19N3O6S/c1-12-10-13(4-6-16(12)21(23)24)18(22)19-15-11-14(5-7-17(15)27-2)20-8-3-9-28(20,25)26/h4-7,10-11H,3,8-9H2,1-2H3,(H,19,22). The van der Waals surface area contributed by atoms with Gasteiger partial charge in [0.05, 0.1) is 29.2 Å². The van der Waals surface area contributed by atoms with E-state index in [2.05, 4.69) is 5.32 Å². The highest BCUT2D eigenvalue weighted by atomic mass is 32.2. The molecule has 1 aliphatic heterocycles. The van der Waals surface area contributed by atoms with Crippen LogP contribution in [-0.4, -0.2) is 38.7 Å². The van der Waals surface area contributed by atoms with E-state index in [1.54, 1.807) is 19.1 Å². The number of nitro groups is 1. The molecule has 0 atom stereocenters. The van der Waals surface area contributed by atoms with E-state index in [4.69, 9.17) is 4.74 Å². The highest BCUT2D eigenvalue weighted by Gasteiger charge is 2.29. The number of anilines is 2. The number of carbonyl (C=O) groups is 1. The van der Waals surface area contributed by atoms with Crippen LogP contribution in [0.25, 0.3) is 0 Å². The maximum absolute atomic E-state index is 12.6. The fraction of sp³-hybridized carbons (Fsp3) is 0.278. The molecule has 2 aromatic rings. The second kappa shape index (κ2) is 7.47. The second-order valence-electron chi connectivity index (χ2n) is 6.34. The average Bonchev–Trinajstić information content (AvgIpc) is 3.00. The van der Waals surface area contributed by atoms with Crippen molar-refractivity contribution < 1.29 is 22.9 Å². The van der Waals surface area contributed by atoms with Gasteiger partial charge >= 0.3 is 0 Å². The first kappa shape index (κ1) is 19.6. The van der Waals surface area contributed by atoms with Crippen molar-refractivity contribution >= 4 is 33.0 Å². The fourth-order valence-electron chi connectivity index (χ4n) is 3.07. The molecular weight excluding hydrogens is 386 g/mol. The Hall–Kier alpha value is -3.14. The van der Waals surface area contributed by atoms with Gasteiger partial charge in [-0.25, -0.2) is 8.42 Å². The normalized spacial score (nSPS) is 15.3. The summed E-state index contributed by atoms with van der Waals surface area (Å²) >= 11 is 0. The molecule has 10 heteroatoms. The molecule has 0 bridgehead atoms.